The number of carbonyl (C=O) groups is 2. The molecule has 0 bridgehead atoms. The Morgan fingerprint density at radius 1 is 0.975 bits per heavy atom. The quantitative estimate of drug-likeness (QED) is 0.321. The molecule has 1 atom stereocenters. The number of hydrogen-bond donors (Lipinski definition) is 1. The molecular formula is C30H33BrFN3O4S. The predicted molar refractivity (Wildman–Crippen MR) is 158 cm³/mol. The molecule has 1 aliphatic carbocycles. The number of sulfonamides is 1. The van der Waals surface area contributed by atoms with Crippen molar-refractivity contribution in [3.05, 3.63) is 100 Å². The summed E-state index contributed by atoms with van der Waals surface area (Å²) in [5.74, 6) is -1.47. The maximum atomic E-state index is 14.9. The van der Waals surface area contributed by atoms with E-state index in [1.54, 1.807) is 42.5 Å². The standard InChI is InChI=1S/C30H33BrFN3O4S/c1-40(38,39)35(27-18-10-8-16-25(27)31)21-29(36)34(20-23-13-5-9-17-26(23)32)28(19-22-11-3-2-4-12-22)30(37)33-24-14-6-7-15-24/h2-5,8-13,16-18,24,28H,6-7,14-15,19-21H2,1H3,(H,33,37)/t28-/m1/s1. The SMILES string of the molecule is CS(=O)(=O)N(CC(=O)N(Cc1ccccc1F)[C@H](Cc1ccccc1)C(=O)NC1CCCC1)c1ccccc1Br. The monoisotopic (exact) mass is 629 g/mol. The van der Waals surface area contributed by atoms with Crippen molar-refractivity contribution in [2.24, 2.45) is 0 Å². The zero-order valence-electron chi connectivity index (χ0n) is 22.3. The maximum absolute atomic E-state index is 14.9. The molecule has 1 fully saturated rings. The van der Waals surface area contributed by atoms with Crippen molar-refractivity contribution in [2.45, 2.75) is 50.7 Å². The van der Waals surface area contributed by atoms with Gasteiger partial charge in [-0.25, -0.2) is 12.8 Å². The van der Waals surface area contributed by atoms with E-state index in [1.807, 2.05) is 30.3 Å². The van der Waals surface area contributed by atoms with Gasteiger partial charge in [0, 0.05) is 29.0 Å². The lowest BCUT2D eigenvalue weighted by Crippen LogP contribution is -2.54. The summed E-state index contributed by atoms with van der Waals surface area (Å²) in [6.45, 7) is -0.757. The van der Waals surface area contributed by atoms with Crippen LogP contribution in [0, 0.1) is 5.82 Å². The summed E-state index contributed by atoms with van der Waals surface area (Å²) >= 11 is 3.38. The van der Waals surface area contributed by atoms with Crippen LogP contribution in [0.25, 0.3) is 0 Å². The molecule has 40 heavy (non-hydrogen) atoms. The van der Waals surface area contributed by atoms with Gasteiger partial charge in [-0.3, -0.25) is 13.9 Å². The van der Waals surface area contributed by atoms with Crippen LogP contribution in [0.15, 0.2) is 83.3 Å². The summed E-state index contributed by atoms with van der Waals surface area (Å²) in [5.41, 5.74) is 1.35. The third-order valence-corrected chi connectivity index (χ3v) is 8.87. The Morgan fingerprint density at radius 2 is 1.60 bits per heavy atom. The minimum atomic E-state index is -3.89. The van der Waals surface area contributed by atoms with E-state index >= 15 is 0 Å². The number of carbonyl (C=O) groups excluding carboxylic acids is 2. The molecule has 0 radical (unpaired) electrons. The van der Waals surface area contributed by atoms with E-state index in [9.17, 15) is 22.4 Å². The molecule has 1 N–H and O–H groups in total. The third kappa shape index (κ3) is 7.69. The molecule has 0 unspecified atom stereocenters. The normalized spacial score (nSPS) is 14.5. The second kappa shape index (κ2) is 13.4. The molecule has 0 spiro atoms. The zero-order chi connectivity index (χ0) is 28.7. The maximum Gasteiger partial charge on any atom is 0.244 e. The Labute approximate surface area is 243 Å². The molecule has 3 aromatic rings. The Bertz CT molecular complexity index is 1430. The van der Waals surface area contributed by atoms with Crippen molar-refractivity contribution in [3.8, 4) is 0 Å². The van der Waals surface area contributed by atoms with E-state index in [0.29, 0.717) is 10.2 Å². The number of para-hydroxylation sites is 1. The average molecular weight is 631 g/mol. The first-order valence-corrected chi connectivity index (χ1v) is 15.9. The van der Waals surface area contributed by atoms with Crippen LogP contribution in [0.1, 0.15) is 36.8 Å². The van der Waals surface area contributed by atoms with Gasteiger partial charge in [0.15, 0.2) is 0 Å². The predicted octanol–water partition coefficient (Wildman–Crippen LogP) is 5.05. The number of hydrogen-bond acceptors (Lipinski definition) is 4. The summed E-state index contributed by atoms with van der Waals surface area (Å²) in [6.07, 6.45) is 4.95. The molecule has 4 rings (SSSR count). The van der Waals surface area contributed by atoms with Gasteiger partial charge in [-0.15, -0.1) is 0 Å². The van der Waals surface area contributed by atoms with Crippen LogP contribution in [0.3, 0.4) is 0 Å². The lowest BCUT2D eigenvalue weighted by Gasteiger charge is -2.34. The van der Waals surface area contributed by atoms with Gasteiger partial charge in [0.05, 0.1) is 11.9 Å². The minimum absolute atomic E-state index is 0.00368. The summed E-state index contributed by atoms with van der Waals surface area (Å²) in [7, 11) is -3.89. The molecule has 0 heterocycles. The number of benzene rings is 3. The van der Waals surface area contributed by atoms with E-state index in [2.05, 4.69) is 21.2 Å². The van der Waals surface area contributed by atoms with Gasteiger partial charge in [0.2, 0.25) is 21.8 Å². The second-order valence-corrected chi connectivity index (χ2v) is 12.8. The number of nitrogens with zero attached hydrogens (tertiary/aromatic N) is 2. The van der Waals surface area contributed by atoms with Crippen molar-refractivity contribution in [2.75, 3.05) is 17.1 Å². The molecule has 212 valence electrons. The topological polar surface area (TPSA) is 86.8 Å². The lowest BCUT2D eigenvalue weighted by molar-refractivity contribution is -0.140. The first-order valence-electron chi connectivity index (χ1n) is 13.2. The summed E-state index contributed by atoms with van der Waals surface area (Å²) < 4.78 is 42.1. The molecular weight excluding hydrogens is 597 g/mol. The highest BCUT2D eigenvalue weighted by Gasteiger charge is 2.34. The fourth-order valence-electron chi connectivity index (χ4n) is 4.98. The van der Waals surface area contributed by atoms with E-state index in [1.165, 1.54) is 11.0 Å². The molecule has 1 aliphatic rings. The number of nitrogens with one attached hydrogen (secondary N) is 1. The largest absolute Gasteiger partial charge is 0.352 e. The van der Waals surface area contributed by atoms with E-state index in [-0.39, 0.29) is 30.5 Å². The second-order valence-electron chi connectivity index (χ2n) is 10.0. The van der Waals surface area contributed by atoms with E-state index in [0.717, 1.165) is 41.8 Å². The smallest absolute Gasteiger partial charge is 0.244 e. The Hall–Kier alpha value is -3.24. The lowest BCUT2D eigenvalue weighted by atomic mass is 10.0. The summed E-state index contributed by atoms with van der Waals surface area (Å²) in [6, 6.07) is 21.1. The highest BCUT2D eigenvalue weighted by Crippen LogP contribution is 2.28. The van der Waals surface area contributed by atoms with Gasteiger partial charge < -0.3 is 10.2 Å². The Balaban J connectivity index is 1.74. The van der Waals surface area contributed by atoms with Crippen LogP contribution < -0.4 is 9.62 Å². The molecule has 0 saturated heterocycles. The fourth-order valence-corrected chi connectivity index (χ4v) is 6.46. The van der Waals surface area contributed by atoms with Crippen molar-refractivity contribution in [1.82, 2.24) is 10.2 Å². The summed E-state index contributed by atoms with van der Waals surface area (Å²) in [4.78, 5) is 29.2. The van der Waals surface area contributed by atoms with Gasteiger partial charge in [-0.2, -0.15) is 0 Å². The van der Waals surface area contributed by atoms with Crippen LogP contribution in [0.4, 0.5) is 10.1 Å². The molecule has 0 aliphatic heterocycles. The Kier molecular flexibility index (Phi) is 9.97. The van der Waals surface area contributed by atoms with Crippen molar-refractivity contribution >= 4 is 43.5 Å². The first kappa shape index (κ1) is 29.7. The van der Waals surface area contributed by atoms with E-state index in [4.69, 9.17) is 0 Å². The zero-order valence-corrected chi connectivity index (χ0v) is 24.7. The van der Waals surface area contributed by atoms with Crippen LogP contribution >= 0.6 is 15.9 Å². The van der Waals surface area contributed by atoms with Gasteiger partial charge in [0.25, 0.3) is 0 Å². The van der Waals surface area contributed by atoms with Crippen molar-refractivity contribution in [3.63, 3.8) is 0 Å². The highest BCUT2D eigenvalue weighted by molar-refractivity contribution is 9.10. The Morgan fingerprint density at radius 3 is 2.25 bits per heavy atom. The first-order chi connectivity index (χ1) is 19.1. The van der Waals surface area contributed by atoms with Crippen LogP contribution in [0.2, 0.25) is 0 Å². The van der Waals surface area contributed by atoms with E-state index < -0.39 is 34.3 Å². The molecule has 7 nitrogen and oxygen atoms in total. The molecule has 10 heteroatoms. The highest BCUT2D eigenvalue weighted by atomic mass is 79.9. The summed E-state index contributed by atoms with van der Waals surface area (Å²) in [5, 5.41) is 3.09. The molecule has 3 aromatic carbocycles. The number of halogens is 2. The van der Waals surface area contributed by atoms with Crippen LogP contribution in [-0.2, 0) is 32.6 Å². The van der Waals surface area contributed by atoms with Gasteiger partial charge >= 0.3 is 0 Å². The minimum Gasteiger partial charge on any atom is -0.352 e. The average Bonchev–Trinajstić information content (AvgIpc) is 3.43. The molecule has 2 amide bonds. The van der Waals surface area contributed by atoms with Crippen LogP contribution in [-0.4, -0.2) is 50.0 Å². The number of amides is 2. The fraction of sp³-hybridized carbons (Fsp3) is 0.333. The third-order valence-electron chi connectivity index (χ3n) is 7.07. The number of rotatable bonds is 11. The van der Waals surface area contributed by atoms with Gasteiger partial charge in [-0.05, 0) is 52.5 Å². The van der Waals surface area contributed by atoms with Crippen molar-refractivity contribution < 1.29 is 22.4 Å². The molecule has 0 aromatic heterocycles. The number of anilines is 1. The van der Waals surface area contributed by atoms with Crippen LogP contribution in [0.5, 0.6) is 0 Å². The van der Waals surface area contributed by atoms with Gasteiger partial charge in [0.1, 0.15) is 18.4 Å². The molecule has 1 saturated carbocycles. The van der Waals surface area contributed by atoms with Gasteiger partial charge in [-0.1, -0.05) is 73.5 Å². The van der Waals surface area contributed by atoms with Crippen molar-refractivity contribution in [1.29, 1.82) is 0 Å².